The number of carbonyl (C=O) groups is 4. The van der Waals surface area contributed by atoms with Crippen LogP contribution in [0.4, 0.5) is 20.6 Å². The second-order valence-corrected chi connectivity index (χ2v) is 8.55. The Morgan fingerprint density at radius 1 is 1.05 bits per heavy atom. The molecule has 1 fully saturated rings. The first-order chi connectivity index (χ1) is 18.2. The highest BCUT2D eigenvalue weighted by Gasteiger charge is 2.36. The van der Waals surface area contributed by atoms with Gasteiger partial charge >= 0.3 is 6.03 Å². The lowest BCUT2D eigenvalue weighted by Crippen LogP contribution is -2.54. The smallest absolute Gasteiger partial charge is 0.335 e. The quantitative estimate of drug-likeness (QED) is 0.339. The Bertz CT molecular complexity index is 1470. The van der Waals surface area contributed by atoms with E-state index in [4.69, 9.17) is 21.1 Å². The van der Waals surface area contributed by atoms with Gasteiger partial charge in [-0.3, -0.25) is 19.7 Å². The molecule has 1 aliphatic heterocycles. The number of halogens is 2. The number of nitrogens with zero attached hydrogens (tertiary/aromatic N) is 1. The van der Waals surface area contributed by atoms with Gasteiger partial charge < -0.3 is 14.8 Å². The molecule has 0 radical (unpaired) electrons. The first-order valence-corrected chi connectivity index (χ1v) is 11.6. The molecule has 3 aromatic carbocycles. The molecule has 0 atom stereocenters. The number of rotatable bonds is 7. The summed E-state index contributed by atoms with van der Waals surface area (Å²) in [6.45, 7) is 1.53. The van der Waals surface area contributed by atoms with Crippen LogP contribution in [-0.2, 0) is 14.4 Å². The summed E-state index contributed by atoms with van der Waals surface area (Å²) >= 11 is 6.08. The summed E-state index contributed by atoms with van der Waals surface area (Å²) in [5, 5.41) is 5.30. The molecule has 4 rings (SSSR count). The Labute approximate surface area is 221 Å². The second kappa shape index (κ2) is 11.1. The zero-order valence-corrected chi connectivity index (χ0v) is 21.0. The average molecular weight is 538 g/mol. The van der Waals surface area contributed by atoms with Crippen LogP contribution in [0.1, 0.15) is 11.1 Å². The first kappa shape index (κ1) is 26.4. The van der Waals surface area contributed by atoms with Gasteiger partial charge in [0, 0.05) is 10.7 Å². The van der Waals surface area contributed by atoms with Crippen molar-refractivity contribution in [3.05, 3.63) is 88.2 Å². The van der Waals surface area contributed by atoms with E-state index in [1.54, 1.807) is 24.3 Å². The second-order valence-electron chi connectivity index (χ2n) is 8.15. The van der Waals surface area contributed by atoms with Crippen LogP contribution in [0.5, 0.6) is 11.5 Å². The zero-order chi connectivity index (χ0) is 27.4. The monoisotopic (exact) mass is 537 g/mol. The first-order valence-electron chi connectivity index (χ1n) is 11.2. The Morgan fingerprint density at radius 2 is 1.79 bits per heavy atom. The maximum Gasteiger partial charge on any atom is 0.335 e. The van der Waals surface area contributed by atoms with Crippen LogP contribution in [0.2, 0.25) is 5.02 Å². The maximum absolute atomic E-state index is 13.3. The minimum Gasteiger partial charge on any atom is -0.493 e. The fraction of sp³-hybridized carbons (Fsp3) is 0.111. The number of urea groups is 1. The number of aryl methyl sites for hydroxylation is 1. The highest BCUT2D eigenvalue weighted by molar-refractivity contribution is 6.39. The number of carbonyl (C=O) groups excluding carboxylic acids is 4. The van der Waals surface area contributed by atoms with Crippen molar-refractivity contribution in [2.24, 2.45) is 0 Å². The Morgan fingerprint density at radius 3 is 2.47 bits per heavy atom. The molecule has 11 heteroatoms. The molecule has 0 aliphatic carbocycles. The number of imide groups is 2. The largest absolute Gasteiger partial charge is 0.493 e. The summed E-state index contributed by atoms with van der Waals surface area (Å²) < 4.78 is 24.2. The van der Waals surface area contributed by atoms with Crippen LogP contribution in [0.25, 0.3) is 6.08 Å². The van der Waals surface area contributed by atoms with Gasteiger partial charge in [0.25, 0.3) is 17.7 Å². The van der Waals surface area contributed by atoms with Gasteiger partial charge in [-0.1, -0.05) is 23.7 Å². The van der Waals surface area contributed by atoms with Gasteiger partial charge in [-0.25, -0.2) is 14.1 Å². The third-order valence-corrected chi connectivity index (χ3v) is 5.91. The summed E-state index contributed by atoms with van der Waals surface area (Å²) in [6.07, 6.45) is 1.28. The van der Waals surface area contributed by atoms with Crippen LogP contribution in [0.3, 0.4) is 0 Å². The lowest BCUT2D eigenvalue weighted by Gasteiger charge is -2.26. The number of hydrogen-bond donors (Lipinski definition) is 2. The van der Waals surface area contributed by atoms with E-state index >= 15 is 0 Å². The molecule has 38 heavy (non-hydrogen) atoms. The van der Waals surface area contributed by atoms with Crippen LogP contribution >= 0.6 is 11.6 Å². The molecular formula is C27H21ClFN3O6. The van der Waals surface area contributed by atoms with Crippen molar-refractivity contribution < 1.29 is 33.0 Å². The molecule has 1 heterocycles. The van der Waals surface area contributed by atoms with Crippen molar-refractivity contribution in [3.63, 3.8) is 0 Å². The average Bonchev–Trinajstić information content (AvgIpc) is 2.88. The van der Waals surface area contributed by atoms with Crippen molar-refractivity contribution in [2.75, 3.05) is 23.9 Å². The molecule has 2 N–H and O–H groups in total. The minimum absolute atomic E-state index is 0.0970. The molecule has 3 aromatic rings. The molecule has 0 saturated carbocycles. The van der Waals surface area contributed by atoms with E-state index < -0.39 is 29.6 Å². The third-order valence-electron chi connectivity index (χ3n) is 5.50. The molecule has 0 spiro atoms. The number of ether oxygens (including phenoxy) is 2. The maximum atomic E-state index is 13.3. The Balaban J connectivity index is 1.50. The van der Waals surface area contributed by atoms with E-state index in [0.29, 0.717) is 16.3 Å². The minimum atomic E-state index is -0.948. The van der Waals surface area contributed by atoms with Crippen molar-refractivity contribution >= 4 is 52.8 Å². The number of anilines is 2. The lowest BCUT2D eigenvalue weighted by molar-refractivity contribution is -0.122. The summed E-state index contributed by atoms with van der Waals surface area (Å²) in [5.74, 6) is -2.25. The molecule has 1 saturated heterocycles. The highest BCUT2D eigenvalue weighted by atomic mass is 35.5. The standard InChI is InChI=1S/C27H21ClFN3O6/c1-15-3-7-18(13-21(15)28)30-24(33)14-38-22-10-4-16(12-23(22)37-2)11-20-25(34)31-27(36)32(26(20)35)19-8-5-17(29)6-9-19/h3-13H,14H2,1-2H3,(H,30,33)(H,31,34,36)/b20-11+. The highest BCUT2D eigenvalue weighted by Crippen LogP contribution is 2.30. The molecule has 0 unspecified atom stereocenters. The number of nitrogens with one attached hydrogen (secondary N) is 2. The lowest BCUT2D eigenvalue weighted by atomic mass is 10.1. The van der Waals surface area contributed by atoms with Gasteiger partial charge in [0.05, 0.1) is 12.8 Å². The van der Waals surface area contributed by atoms with E-state index in [-0.39, 0.29) is 29.4 Å². The fourth-order valence-electron chi connectivity index (χ4n) is 3.55. The van der Waals surface area contributed by atoms with E-state index in [1.165, 1.54) is 37.5 Å². The predicted molar refractivity (Wildman–Crippen MR) is 139 cm³/mol. The summed E-state index contributed by atoms with van der Waals surface area (Å²) in [4.78, 5) is 50.8. The van der Waals surface area contributed by atoms with Gasteiger partial charge in [-0.2, -0.15) is 0 Å². The van der Waals surface area contributed by atoms with Gasteiger partial charge in [0.2, 0.25) is 0 Å². The summed E-state index contributed by atoms with van der Waals surface area (Å²) in [6, 6.07) is 13.4. The molecule has 0 bridgehead atoms. The normalized spacial score (nSPS) is 14.4. The van der Waals surface area contributed by atoms with Gasteiger partial charge in [-0.05, 0) is 72.7 Å². The number of hydrogen-bond acceptors (Lipinski definition) is 6. The summed E-state index contributed by atoms with van der Waals surface area (Å²) in [7, 11) is 1.39. The number of benzene rings is 3. The molecule has 194 valence electrons. The molecule has 0 aromatic heterocycles. The topological polar surface area (TPSA) is 114 Å². The Hall–Kier alpha value is -4.70. The number of methoxy groups -OCH3 is 1. The van der Waals surface area contributed by atoms with Gasteiger partial charge in [0.15, 0.2) is 18.1 Å². The van der Waals surface area contributed by atoms with Crippen LogP contribution in [0, 0.1) is 12.7 Å². The van der Waals surface area contributed by atoms with E-state index in [0.717, 1.165) is 22.6 Å². The van der Waals surface area contributed by atoms with Crippen molar-refractivity contribution in [3.8, 4) is 11.5 Å². The Kier molecular flexibility index (Phi) is 7.73. The molecular weight excluding hydrogens is 517 g/mol. The third kappa shape index (κ3) is 5.81. The van der Waals surface area contributed by atoms with Crippen LogP contribution in [-0.4, -0.2) is 37.5 Å². The van der Waals surface area contributed by atoms with Crippen LogP contribution in [0.15, 0.2) is 66.2 Å². The number of barbiturate groups is 1. The van der Waals surface area contributed by atoms with Crippen molar-refractivity contribution in [1.82, 2.24) is 5.32 Å². The summed E-state index contributed by atoms with van der Waals surface area (Å²) in [5.41, 5.74) is 1.56. The fourth-order valence-corrected chi connectivity index (χ4v) is 3.73. The zero-order valence-electron chi connectivity index (χ0n) is 20.2. The van der Waals surface area contributed by atoms with E-state index in [1.807, 2.05) is 6.92 Å². The van der Waals surface area contributed by atoms with Crippen molar-refractivity contribution in [2.45, 2.75) is 6.92 Å². The molecule has 9 nitrogen and oxygen atoms in total. The number of amides is 5. The van der Waals surface area contributed by atoms with Crippen LogP contribution < -0.4 is 25.0 Å². The van der Waals surface area contributed by atoms with Gasteiger partial charge in [0.1, 0.15) is 11.4 Å². The van der Waals surface area contributed by atoms with Crippen molar-refractivity contribution in [1.29, 1.82) is 0 Å². The molecule has 5 amide bonds. The SMILES string of the molecule is COc1cc(/C=C2\C(=O)NC(=O)N(c3ccc(F)cc3)C2=O)ccc1OCC(=O)Nc1ccc(C)c(Cl)c1. The van der Waals surface area contributed by atoms with E-state index in [2.05, 4.69) is 10.6 Å². The molecule has 1 aliphatic rings. The van der Waals surface area contributed by atoms with Gasteiger partial charge in [-0.15, -0.1) is 0 Å². The predicted octanol–water partition coefficient (Wildman–Crippen LogP) is 4.48. The van der Waals surface area contributed by atoms with E-state index in [9.17, 15) is 23.6 Å².